The molecule has 104 valence electrons. The lowest BCUT2D eigenvalue weighted by molar-refractivity contribution is 0.577. The van der Waals surface area contributed by atoms with Gasteiger partial charge in [0.2, 0.25) is 0 Å². The van der Waals surface area contributed by atoms with Crippen molar-refractivity contribution >= 4 is 17.6 Å². The molecule has 1 aromatic heterocycles. The average Bonchev–Trinajstić information content (AvgIpc) is 2.32. The maximum atomic E-state index is 13.7. The molecule has 0 unspecified atom stereocenters. The van der Waals surface area contributed by atoms with Crippen molar-refractivity contribution in [3.05, 3.63) is 52.9 Å². The third kappa shape index (κ3) is 2.96. The molecule has 0 aliphatic carbocycles. The van der Waals surface area contributed by atoms with Crippen molar-refractivity contribution < 1.29 is 8.78 Å². The van der Waals surface area contributed by atoms with Gasteiger partial charge in [-0.25, -0.2) is 8.78 Å². The van der Waals surface area contributed by atoms with Crippen molar-refractivity contribution in [1.29, 1.82) is 5.41 Å². The summed E-state index contributed by atoms with van der Waals surface area (Å²) in [5.74, 6) is -1.17. The van der Waals surface area contributed by atoms with Crippen molar-refractivity contribution in [2.45, 2.75) is 23.6 Å². The Bertz CT molecular complexity index is 686. The van der Waals surface area contributed by atoms with Crippen LogP contribution in [0, 0.1) is 30.9 Å². The summed E-state index contributed by atoms with van der Waals surface area (Å²) in [6.45, 7) is 3.53. The van der Waals surface area contributed by atoms with E-state index in [4.69, 9.17) is 11.1 Å². The van der Waals surface area contributed by atoms with E-state index in [1.165, 1.54) is 0 Å². The largest absolute Gasteiger partial charge is 0.384 e. The highest BCUT2D eigenvalue weighted by Crippen LogP contribution is 2.33. The Morgan fingerprint density at radius 2 is 1.90 bits per heavy atom. The Hall–Kier alpha value is -1.95. The van der Waals surface area contributed by atoms with E-state index < -0.39 is 11.6 Å². The molecule has 0 aliphatic heterocycles. The Kier molecular flexibility index (Phi) is 4.04. The summed E-state index contributed by atoms with van der Waals surface area (Å²) < 4.78 is 26.9. The van der Waals surface area contributed by atoms with Gasteiger partial charge in [0.1, 0.15) is 17.5 Å². The van der Waals surface area contributed by atoms with Crippen molar-refractivity contribution in [1.82, 2.24) is 4.98 Å². The molecular formula is C14H13F2N3S. The average molecular weight is 293 g/mol. The van der Waals surface area contributed by atoms with Gasteiger partial charge in [0.05, 0.1) is 10.5 Å². The molecular weight excluding hydrogens is 280 g/mol. The van der Waals surface area contributed by atoms with Crippen molar-refractivity contribution in [2.24, 2.45) is 5.73 Å². The SMILES string of the molecule is Cc1cc(Sc2cc(F)ccc2F)c(C(=N)N)c(C)n1. The Morgan fingerprint density at radius 3 is 2.55 bits per heavy atom. The van der Waals surface area contributed by atoms with Gasteiger partial charge in [0.15, 0.2) is 0 Å². The number of nitrogens with two attached hydrogens (primary N) is 1. The first-order chi connectivity index (χ1) is 9.38. The van der Waals surface area contributed by atoms with Gasteiger partial charge in [-0.2, -0.15) is 0 Å². The molecule has 3 nitrogen and oxygen atoms in total. The van der Waals surface area contributed by atoms with Crippen molar-refractivity contribution in [3.8, 4) is 0 Å². The number of amidine groups is 1. The highest BCUT2D eigenvalue weighted by atomic mass is 32.2. The first-order valence-corrected chi connectivity index (χ1v) is 6.65. The highest BCUT2D eigenvalue weighted by molar-refractivity contribution is 7.99. The monoisotopic (exact) mass is 293 g/mol. The molecule has 0 bridgehead atoms. The van der Waals surface area contributed by atoms with Crippen LogP contribution in [0.4, 0.5) is 8.78 Å². The maximum absolute atomic E-state index is 13.7. The Balaban J connectivity index is 2.53. The van der Waals surface area contributed by atoms with Gasteiger partial charge in [0, 0.05) is 16.3 Å². The van der Waals surface area contributed by atoms with E-state index in [-0.39, 0.29) is 10.7 Å². The van der Waals surface area contributed by atoms with Crippen molar-refractivity contribution in [3.63, 3.8) is 0 Å². The minimum Gasteiger partial charge on any atom is -0.384 e. The second-order valence-corrected chi connectivity index (χ2v) is 5.40. The molecule has 2 aromatic rings. The van der Waals surface area contributed by atoms with Gasteiger partial charge in [-0.1, -0.05) is 11.8 Å². The Morgan fingerprint density at radius 1 is 1.20 bits per heavy atom. The van der Waals surface area contributed by atoms with Crippen molar-refractivity contribution in [2.75, 3.05) is 0 Å². The van der Waals surface area contributed by atoms with Gasteiger partial charge in [-0.3, -0.25) is 10.4 Å². The van der Waals surface area contributed by atoms with Gasteiger partial charge < -0.3 is 5.73 Å². The number of aromatic nitrogens is 1. The van der Waals surface area contributed by atoms with Gasteiger partial charge in [0.25, 0.3) is 0 Å². The van der Waals surface area contributed by atoms with Gasteiger partial charge in [-0.05, 0) is 38.1 Å². The van der Waals surface area contributed by atoms with E-state index >= 15 is 0 Å². The van der Waals surface area contributed by atoms with Crippen LogP contribution in [-0.2, 0) is 0 Å². The summed E-state index contributed by atoms with van der Waals surface area (Å²) in [6, 6.07) is 4.97. The molecule has 1 aromatic carbocycles. The predicted octanol–water partition coefficient (Wildman–Crippen LogP) is 3.41. The highest BCUT2D eigenvalue weighted by Gasteiger charge is 2.14. The number of nitrogens with one attached hydrogen (secondary N) is 1. The fourth-order valence-electron chi connectivity index (χ4n) is 1.87. The molecule has 0 aliphatic rings. The number of aryl methyl sites for hydroxylation is 2. The van der Waals surface area contributed by atoms with Crippen LogP contribution in [-0.4, -0.2) is 10.8 Å². The fraction of sp³-hybridized carbons (Fsp3) is 0.143. The molecule has 6 heteroatoms. The summed E-state index contributed by atoms with van der Waals surface area (Å²) in [5, 5.41) is 7.61. The lowest BCUT2D eigenvalue weighted by Gasteiger charge is -2.12. The zero-order valence-electron chi connectivity index (χ0n) is 11.0. The Labute approximate surface area is 119 Å². The number of hydrogen-bond donors (Lipinski definition) is 2. The standard InChI is InChI=1S/C14H13F2N3S/c1-7-5-12(13(14(17)18)8(2)19-7)20-11-6-9(15)3-4-10(11)16/h3-6H,1-2H3,(H3,17,18). The molecule has 0 saturated heterocycles. The number of nitrogens with zero attached hydrogens (tertiary/aromatic N) is 1. The molecule has 0 radical (unpaired) electrons. The molecule has 3 N–H and O–H groups in total. The summed E-state index contributed by atoms with van der Waals surface area (Å²) in [5.41, 5.74) is 7.32. The zero-order valence-corrected chi connectivity index (χ0v) is 11.8. The zero-order chi connectivity index (χ0) is 14.9. The molecule has 0 atom stereocenters. The lowest BCUT2D eigenvalue weighted by atomic mass is 10.1. The van der Waals surface area contributed by atoms with Crippen LogP contribution < -0.4 is 5.73 Å². The van der Waals surface area contributed by atoms with Crippen LogP contribution in [0.15, 0.2) is 34.1 Å². The lowest BCUT2D eigenvalue weighted by Crippen LogP contribution is -2.15. The van der Waals surface area contributed by atoms with Gasteiger partial charge >= 0.3 is 0 Å². The predicted molar refractivity (Wildman–Crippen MR) is 75.2 cm³/mol. The summed E-state index contributed by atoms with van der Waals surface area (Å²) in [4.78, 5) is 4.98. The van der Waals surface area contributed by atoms with Crippen LogP contribution in [0.2, 0.25) is 0 Å². The number of benzene rings is 1. The second-order valence-electron chi connectivity index (χ2n) is 4.31. The van der Waals surface area contributed by atoms with E-state index in [1.807, 2.05) is 0 Å². The van der Waals surface area contributed by atoms with Crippen LogP contribution >= 0.6 is 11.8 Å². The molecule has 0 amide bonds. The quantitative estimate of drug-likeness (QED) is 0.673. The second kappa shape index (κ2) is 5.58. The van der Waals surface area contributed by atoms with Crippen LogP contribution in [0.25, 0.3) is 0 Å². The fourth-order valence-corrected chi connectivity index (χ4v) is 3.04. The molecule has 0 fully saturated rings. The summed E-state index contributed by atoms with van der Waals surface area (Å²) >= 11 is 1.04. The number of halogens is 2. The van der Waals surface area contributed by atoms with Crippen LogP contribution in [0.3, 0.4) is 0 Å². The maximum Gasteiger partial charge on any atom is 0.137 e. The van der Waals surface area contributed by atoms with E-state index in [1.54, 1.807) is 19.9 Å². The smallest absolute Gasteiger partial charge is 0.137 e. The third-order valence-corrected chi connectivity index (χ3v) is 3.75. The summed E-state index contributed by atoms with van der Waals surface area (Å²) in [6.07, 6.45) is 0. The molecule has 20 heavy (non-hydrogen) atoms. The minimum atomic E-state index is -0.516. The molecule has 1 heterocycles. The first-order valence-electron chi connectivity index (χ1n) is 5.84. The normalized spacial score (nSPS) is 10.6. The molecule has 0 spiro atoms. The number of nitrogen functional groups attached to an aromatic ring is 1. The first kappa shape index (κ1) is 14.5. The molecule has 0 saturated carbocycles. The summed E-state index contributed by atoms with van der Waals surface area (Å²) in [7, 11) is 0. The number of rotatable bonds is 3. The third-order valence-electron chi connectivity index (χ3n) is 2.67. The number of pyridine rings is 1. The number of hydrogen-bond acceptors (Lipinski definition) is 3. The topological polar surface area (TPSA) is 62.8 Å². The van der Waals surface area contributed by atoms with E-state index in [9.17, 15) is 8.78 Å². The van der Waals surface area contributed by atoms with E-state index in [2.05, 4.69) is 4.98 Å². The van der Waals surface area contributed by atoms with Crippen LogP contribution in [0.1, 0.15) is 17.0 Å². The van der Waals surface area contributed by atoms with Crippen LogP contribution in [0.5, 0.6) is 0 Å². The van der Waals surface area contributed by atoms with Gasteiger partial charge in [-0.15, -0.1) is 0 Å². The van der Waals surface area contributed by atoms with E-state index in [0.717, 1.165) is 35.7 Å². The molecule has 2 rings (SSSR count). The minimum absolute atomic E-state index is 0.144. The van der Waals surface area contributed by atoms with E-state index in [0.29, 0.717) is 16.2 Å².